The van der Waals surface area contributed by atoms with Crippen LogP contribution in [0.3, 0.4) is 0 Å². The SMILES string of the molecule is N#CCN1CCN(Cc2cccc([N+](=O)[O-])c2F)CC1. The van der Waals surface area contributed by atoms with E-state index >= 15 is 0 Å². The number of nitriles is 1. The van der Waals surface area contributed by atoms with Crippen LogP contribution in [0.4, 0.5) is 10.1 Å². The van der Waals surface area contributed by atoms with Gasteiger partial charge in [-0.05, 0) is 0 Å². The minimum Gasteiger partial charge on any atom is -0.296 e. The van der Waals surface area contributed by atoms with Crippen LogP contribution in [0, 0.1) is 27.3 Å². The molecule has 6 nitrogen and oxygen atoms in total. The molecule has 1 aliphatic rings. The Labute approximate surface area is 116 Å². The first-order chi connectivity index (χ1) is 9.61. The standard InChI is InChI=1S/C13H15FN4O2/c14-13-11(2-1-3-12(13)18(19)20)10-17-8-6-16(5-4-15)7-9-17/h1-3H,5-10H2. The van der Waals surface area contributed by atoms with Crippen LogP contribution in [-0.4, -0.2) is 47.4 Å². The van der Waals surface area contributed by atoms with Gasteiger partial charge in [0.15, 0.2) is 0 Å². The van der Waals surface area contributed by atoms with Crippen LogP contribution in [0.5, 0.6) is 0 Å². The van der Waals surface area contributed by atoms with Gasteiger partial charge in [0.1, 0.15) is 0 Å². The predicted octanol–water partition coefficient (Wildman–Crippen LogP) is 1.38. The number of rotatable bonds is 4. The van der Waals surface area contributed by atoms with Gasteiger partial charge in [-0.3, -0.25) is 19.9 Å². The highest BCUT2D eigenvalue weighted by molar-refractivity contribution is 5.36. The summed E-state index contributed by atoms with van der Waals surface area (Å²) in [6.45, 7) is 3.72. The summed E-state index contributed by atoms with van der Waals surface area (Å²) in [6.07, 6.45) is 0. The lowest BCUT2D eigenvalue weighted by molar-refractivity contribution is -0.387. The molecule has 1 aromatic rings. The summed E-state index contributed by atoms with van der Waals surface area (Å²) in [4.78, 5) is 14.1. The largest absolute Gasteiger partial charge is 0.305 e. The van der Waals surface area contributed by atoms with Crippen molar-refractivity contribution in [1.82, 2.24) is 9.80 Å². The summed E-state index contributed by atoms with van der Waals surface area (Å²) in [6, 6.07) is 6.35. The number of nitro benzene ring substituents is 1. The smallest absolute Gasteiger partial charge is 0.296 e. The average Bonchev–Trinajstić information content (AvgIpc) is 2.43. The number of hydrogen-bond donors (Lipinski definition) is 0. The molecule has 7 heteroatoms. The van der Waals surface area contributed by atoms with Crippen molar-refractivity contribution in [3.63, 3.8) is 0 Å². The average molecular weight is 278 g/mol. The van der Waals surface area contributed by atoms with E-state index in [9.17, 15) is 14.5 Å². The van der Waals surface area contributed by atoms with Gasteiger partial charge in [0.25, 0.3) is 0 Å². The third-order valence-corrected chi connectivity index (χ3v) is 3.41. The maximum atomic E-state index is 14.0. The molecule has 1 heterocycles. The Balaban J connectivity index is 2.00. The molecule has 0 unspecified atom stereocenters. The van der Waals surface area contributed by atoms with Crippen LogP contribution in [0.25, 0.3) is 0 Å². The van der Waals surface area contributed by atoms with Crippen LogP contribution in [0.1, 0.15) is 5.56 Å². The molecule has 2 rings (SSSR count). The molecule has 20 heavy (non-hydrogen) atoms. The summed E-state index contributed by atoms with van der Waals surface area (Å²) >= 11 is 0. The molecule has 0 bridgehead atoms. The number of benzene rings is 1. The second-order valence-corrected chi connectivity index (χ2v) is 4.72. The van der Waals surface area contributed by atoms with Crippen molar-refractivity contribution in [2.45, 2.75) is 6.54 Å². The molecule has 1 saturated heterocycles. The zero-order chi connectivity index (χ0) is 14.5. The Morgan fingerprint density at radius 2 is 1.95 bits per heavy atom. The van der Waals surface area contributed by atoms with Gasteiger partial charge in [0.2, 0.25) is 5.82 Å². The number of hydrogen-bond acceptors (Lipinski definition) is 5. The third-order valence-electron chi connectivity index (χ3n) is 3.41. The number of nitro groups is 1. The summed E-state index contributed by atoms with van der Waals surface area (Å²) in [5.41, 5.74) is -0.140. The highest BCUT2D eigenvalue weighted by Crippen LogP contribution is 2.21. The Kier molecular flexibility index (Phi) is 4.61. The molecule has 0 saturated carbocycles. The van der Waals surface area contributed by atoms with Gasteiger partial charge in [-0.1, -0.05) is 12.1 Å². The van der Waals surface area contributed by atoms with Gasteiger partial charge in [0.05, 0.1) is 17.5 Å². The molecular formula is C13H15FN4O2. The minimum atomic E-state index is -0.753. The highest BCUT2D eigenvalue weighted by atomic mass is 19.1. The fraction of sp³-hybridized carbons (Fsp3) is 0.462. The third kappa shape index (κ3) is 3.29. The lowest BCUT2D eigenvalue weighted by Crippen LogP contribution is -2.45. The molecule has 0 spiro atoms. The second-order valence-electron chi connectivity index (χ2n) is 4.72. The highest BCUT2D eigenvalue weighted by Gasteiger charge is 2.21. The number of nitrogens with zero attached hydrogens (tertiary/aromatic N) is 4. The monoisotopic (exact) mass is 278 g/mol. The lowest BCUT2D eigenvalue weighted by Gasteiger charge is -2.33. The topological polar surface area (TPSA) is 73.4 Å². The summed E-state index contributed by atoms with van der Waals surface area (Å²) in [5.74, 6) is -0.753. The summed E-state index contributed by atoms with van der Waals surface area (Å²) in [7, 11) is 0. The van der Waals surface area contributed by atoms with E-state index in [0.717, 1.165) is 26.2 Å². The molecular weight excluding hydrogens is 263 g/mol. The Morgan fingerprint density at radius 1 is 1.30 bits per heavy atom. The van der Waals surface area contributed by atoms with Crippen molar-refractivity contribution in [2.75, 3.05) is 32.7 Å². The molecule has 0 aliphatic carbocycles. The Morgan fingerprint density at radius 3 is 2.55 bits per heavy atom. The zero-order valence-corrected chi connectivity index (χ0v) is 11.0. The van der Waals surface area contributed by atoms with Crippen LogP contribution >= 0.6 is 0 Å². The molecule has 1 aromatic carbocycles. The zero-order valence-electron chi connectivity index (χ0n) is 11.0. The van der Waals surface area contributed by atoms with Crippen molar-refractivity contribution >= 4 is 5.69 Å². The minimum absolute atomic E-state index is 0.341. The van der Waals surface area contributed by atoms with Crippen molar-refractivity contribution in [3.05, 3.63) is 39.7 Å². The van der Waals surface area contributed by atoms with E-state index < -0.39 is 16.4 Å². The maximum Gasteiger partial charge on any atom is 0.305 e. The van der Waals surface area contributed by atoms with Crippen LogP contribution in [0.2, 0.25) is 0 Å². The first kappa shape index (κ1) is 14.4. The van der Waals surface area contributed by atoms with Crippen molar-refractivity contribution in [1.29, 1.82) is 5.26 Å². The first-order valence-electron chi connectivity index (χ1n) is 6.35. The maximum absolute atomic E-state index is 14.0. The predicted molar refractivity (Wildman–Crippen MR) is 70.4 cm³/mol. The number of halogens is 1. The van der Waals surface area contributed by atoms with Crippen LogP contribution in [-0.2, 0) is 6.54 Å². The molecule has 1 aliphatic heterocycles. The molecule has 106 valence electrons. The van der Waals surface area contributed by atoms with E-state index in [4.69, 9.17) is 5.26 Å². The van der Waals surface area contributed by atoms with E-state index in [2.05, 4.69) is 6.07 Å². The molecule has 0 atom stereocenters. The summed E-state index contributed by atoms with van der Waals surface area (Å²) in [5, 5.41) is 19.3. The fourth-order valence-corrected chi connectivity index (χ4v) is 2.28. The normalized spacial score (nSPS) is 16.8. The van der Waals surface area contributed by atoms with Gasteiger partial charge < -0.3 is 0 Å². The second kappa shape index (κ2) is 6.41. The van der Waals surface area contributed by atoms with Crippen LogP contribution < -0.4 is 0 Å². The molecule has 1 fully saturated rings. The molecule has 0 N–H and O–H groups in total. The van der Waals surface area contributed by atoms with Gasteiger partial charge in [-0.25, -0.2) is 0 Å². The van der Waals surface area contributed by atoms with Gasteiger partial charge >= 0.3 is 5.69 Å². The van der Waals surface area contributed by atoms with Gasteiger partial charge in [-0.2, -0.15) is 9.65 Å². The van der Waals surface area contributed by atoms with E-state index in [1.165, 1.54) is 12.1 Å². The molecule has 0 aromatic heterocycles. The van der Waals surface area contributed by atoms with Crippen LogP contribution in [0.15, 0.2) is 18.2 Å². The first-order valence-corrected chi connectivity index (χ1v) is 6.35. The van der Waals surface area contributed by atoms with E-state index in [-0.39, 0.29) is 0 Å². The Bertz CT molecular complexity index is 536. The fourth-order valence-electron chi connectivity index (χ4n) is 2.28. The lowest BCUT2D eigenvalue weighted by atomic mass is 10.1. The van der Waals surface area contributed by atoms with Gasteiger partial charge in [-0.15, -0.1) is 0 Å². The van der Waals surface area contributed by atoms with E-state index in [0.29, 0.717) is 18.7 Å². The Hall–Kier alpha value is -2.04. The van der Waals surface area contributed by atoms with E-state index in [1.54, 1.807) is 6.07 Å². The molecule has 0 amide bonds. The van der Waals surface area contributed by atoms with E-state index in [1.807, 2.05) is 9.80 Å². The van der Waals surface area contributed by atoms with Crippen molar-refractivity contribution in [3.8, 4) is 6.07 Å². The van der Waals surface area contributed by atoms with Crippen molar-refractivity contribution < 1.29 is 9.31 Å². The number of piperazine rings is 1. The van der Waals surface area contributed by atoms with Gasteiger partial charge in [0, 0.05) is 44.4 Å². The molecule has 0 radical (unpaired) electrons. The van der Waals surface area contributed by atoms with Crippen molar-refractivity contribution in [2.24, 2.45) is 0 Å². The summed E-state index contributed by atoms with van der Waals surface area (Å²) < 4.78 is 14.0. The quantitative estimate of drug-likeness (QED) is 0.472.